The van der Waals surface area contributed by atoms with Crippen molar-refractivity contribution in [2.24, 2.45) is 16.7 Å². The Kier molecular flexibility index (Phi) is 5.62. The van der Waals surface area contributed by atoms with Gasteiger partial charge in [0.25, 0.3) is 0 Å². The van der Waals surface area contributed by atoms with E-state index in [-0.39, 0.29) is 12.0 Å². The molecule has 3 nitrogen and oxygen atoms in total. The molecule has 0 aromatic rings. The molecule has 0 aromatic heterocycles. The van der Waals surface area contributed by atoms with Gasteiger partial charge in [-0.1, -0.05) is 20.8 Å². The molecule has 1 aliphatic carbocycles. The maximum atomic E-state index is 9.43. The van der Waals surface area contributed by atoms with Crippen LogP contribution in [0.4, 0.5) is 0 Å². The Morgan fingerprint density at radius 1 is 1.28 bits per heavy atom. The molecule has 1 rings (SSSR count). The van der Waals surface area contributed by atoms with Crippen LogP contribution in [0.3, 0.4) is 0 Å². The number of aliphatic hydroxyl groups excluding tert-OH is 1. The minimum absolute atomic E-state index is 0.0612. The van der Waals surface area contributed by atoms with E-state index in [2.05, 4.69) is 26.8 Å². The first-order valence-corrected chi connectivity index (χ1v) is 7.03. The van der Waals surface area contributed by atoms with E-state index in [0.717, 1.165) is 38.0 Å². The van der Waals surface area contributed by atoms with Gasteiger partial charge < -0.3 is 9.84 Å². The lowest BCUT2D eigenvalue weighted by Crippen LogP contribution is -2.32. The van der Waals surface area contributed by atoms with E-state index in [0.29, 0.717) is 18.6 Å². The minimum atomic E-state index is -0.183. The first kappa shape index (κ1) is 15.5. The summed E-state index contributed by atoms with van der Waals surface area (Å²) in [6, 6.07) is 2.52. The molecule has 0 atom stereocenters. The lowest BCUT2D eigenvalue weighted by atomic mass is 9.63. The van der Waals surface area contributed by atoms with Crippen LogP contribution in [0.15, 0.2) is 0 Å². The molecule has 0 radical (unpaired) electrons. The van der Waals surface area contributed by atoms with E-state index in [1.54, 1.807) is 0 Å². The number of hydrogen-bond acceptors (Lipinski definition) is 3. The molecule has 0 spiro atoms. The van der Waals surface area contributed by atoms with Crippen molar-refractivity contribution in [3.8, 4) is 6.07 Å². The van der Waals surface area contributed by atoms with Crippen LogP contribution >= 0.6 is 0 Å². The van der Waals surface area contributed by atoms with Gasteiger partial charge in [0.1, 0.15) is 0 Å². The van der Waals surface area contributed by atoms with Crippen molar-refractivity contribution in [1.82, 2.24) is 0 Å². The minimum Gasteiger partial charge on any atom is -0.394 e. The van der Waals surface area contributed by atoms with E-state index in [1.165, 1.54) is 0 Å². The average molecular weight is 253 g/mol. The summed E-state index contributed by atoms with van der Waals surface area (Å²) < 4.78 is 5.31. The Hall–Kier alpha value is -0.590. The second-order valence-corrected chi connectivity index (χ2v) is 6.62. The average Bonchev–Trinajstić information content (AvgIpc) is 2.34. The second-order valence-electron chi connectivity index (χ2n) is 6.62. The Morgan fingerprint density at radius 3 is 2.33 bits per heavy atom. The smallest absolute Gasteiger partial charge is 0.0697 e. The third-order valence-electron chi connectivity index (χ3n) is 4.37. The largest absolute Gasteiger partial charge is 0.394 e. The molecule has 0 aliphatic heterocycles. The summed E-state index contributed by atoms with van der Waals surface area (Å²) >= 11 is 0. The van der Waals surface area contributed by atoms with Crippen LogP contribution in [0, 0.1) is 28.1 Å². The topological polar surface area (TPSA) is 53.2 Å². The number of rotatable bonds is 5. The van der Waals surface area contributed by atoms with Gasteiger partial charge in [-0.25, -0.2) is 0 Å². The SMILES string of the molecule is CC(C)(C)C1CCC(C#N)(CCOCCO)CC1. The highest BCUT2D eigenvalue weighted by Gasteiger charge is 2.38. The van der Waals surface area contributed by atoms with E-state index >= 15 is 0 Å². The maximum Gasteiger partial charge on any atom is 0.0697 e. The predicted octanol–water partition coefficient (Wildman–Crippen LogP) is 3.13. The predicted molar refractivity (Wildman–Crippen MR) is 72.0 cm³/mol. The standard InChI is InChI=1S/C15H27NO2/c1-14(2,3)13-4-6-15(12-16,7-5-13)8-10-18-11-9-17/h13,17H,4-11H2,1-3H3. The zero-order chi connectivity index (χ0) is 13.6. The van der Waals surface area contributed by atoms with E-state index in [4.69, 9.17) is 9.84 Å². The molecular weight excluding hydrogens is 226 g/mol. The summed E-state index contributed by atoms with van der Waals surface area (Å²) in [5.41, 5.74) is 0.173. The quantitative estimate of drug-likeness (QED) is 0.766. The number of ether oxygens (including phenoxy) is 1. The fourth-order valence-corrected chi connectivity index (χ4v) is 2.89. The molecule has 0 unspecified atom stereocenters. The molecule has 0 saturated heterocycles. The first-order chi connectivity index (χ1) is 8.43. The Morgan fingerprint density at radius 2 is 1.89 bits per heavy atom. The van der Waals surface area contributed by atoms with Crippen molar-refractivity contribution in [2.45, 2.75) is 52.9 Å². The van der Waals surface area contributed by atoms with Crippen molar-refractivity contribution >= 4 is 0 Å². The van der Waals surface area contributed by atoms with Crippen molar-refractivity contribution in [3.63, 3.8) is 0 Å². The zero-order valence-electron chi connectivity index (χ0n) is 12.0. The van der Waals surface area contributed by atoms with E-state index in [1.807, 2.05) is 0 Å². The lowest BCUT2D eigenvalue weighted by molar-refractivity contribution is 0.0542. The molecule has 1 aliphatic rings. The number of aliphatic hydroxyl groups is 1. The highest BCUT2D eigenvalue weighted by molar-refractivity contribution is 5.02. The number of nitriles is 1. The van der Waals surface area contributed by atoms with Gasteiger partial charge in [-0.3, -0.25) is 0 Å². The van der Waals surface area contributed by atoms with Gasteiger partial charge in [0.05, 0.1) is 24.7 Å². The van der Waals surface area contributed by atoms with Gasteiger partial charge in [0, 0.05) is 6.61 Å². The van der Waals surface area contributed by atoms with Crippen molar-refractivity contribution in [2.75, 3.05) is 19.8 Å². The number of hydrogen-bond donors (Lipinski definition) is 1. The molecule has 1 N–H and O–H groups in total. The highest BCUT2D eigenvalue weighted by atomic mass is 16.5. The van der Waals surface area contributed by atoms with Crippen molar-refractivity contribution < 1.29 is 9.84 Å². The van der Waals surface area contributed by atoms with Gasteiger partial charge in [-0.2, -0.15) is 5.26 Å². The Balaban J connectivity index is 2.43. The summed E-state index contributed by atoms with van der Waals surface area (Å²) in [6.45, 7) is 7.91. The third kappa shape index (κ3) is 4.26. The van der Waals surface area contributed by atoms with Gasteiger partial charge in [-0.05, 0) is 43.4 Å². The molecule has 3 heteroatoms. The molecule has 18 heavy (non-hydrogen) atoms. The van der Waals surface area contributed by atoms with Gasteiger partial charge in [0.15, 0.2) is 0 Å². The summed E-state index contributed by atoms with van der Waals surface area (Å²) in [5.74, 6) is 0.734. The molecule has 0 amide bonds. The van der Waals surface area contributed by atoms with E-state index in [9.17, 15) is 5.26 Å². The van der Waals surface area contributed by atoms with Gasteiger partial charge >= 0.3 is 0 Å². The fraction of sp³-hybridized carbons (Fsp3) is 0.933. The normalized spacial score (nSPS) is 28.9. The van der Waals surface area contributed by atoms with Crippen LogP contribution in [-0.4, -0.2) is 24.9 Å². The van der Waals surface area contributed by atoms with Crippen LogP contribution in [0.2, 0.25) is 0 Å². The molecule has 0 aromatic carbocycles. The molecule has 1 fully saturated rings. The van der Waals surface area contributed by atoms with E-state index < -0.39 is 0 Å². The Bertz CT molecular complexity index is 280. The van der Waals surface area contributed by atoms with Crippen molar-refractivity contribution in [3.05, 3.63) is 0 Å². The molecule has 0 bridgehead atoms. The van der Waals surface area contributed by atoms with Crippen LogP contribution < -0.4 is 0 Å². The maximum absolute atomic E-state index is 9.43. The molecule has 0 heterocycles. The fourth-order valence-electron chi connectivity index (χ4n) is 2.89. The van der Waals surface area contributed by atoms with Crippen LogP contribution in [0.1, 0.15) is 52.9 Å². The highest BCUT2D eigenvalue weighted by Crippen LogP contribution is 2.46. The first-order valence-electron chi connectivity index (χ1n) is 7.03. The second kappa shape index (κ2) is 6.54. The monoisotopic (exact) mass is 253 g/mol. The van der Waals surface area contributed by atoms with Crippen molar-refractivity contribution in [1.29, 1.82) is 5.26 Å². The van der Waals surface area contributed by atoms with Crippen LogP contribution in [0.25, 0.3) is 0 Å². The summed E-state index contributed by atoms with van der Waals surface area (Å²) in [4.78, 5) is 0. The lowest BCUT2D eigenvalue weighted by Gasteiger charge is -2.40. The molecule has 104 valence electrons. The van der Waals surface area contributed by atoms with Crippen LogP contribution in [0.5, 0.6) is 0 Å². The zero-order valence-corrected chi connectivity index (χ0v) is 12.0. The third-order valence-corrected chi connectivity index (χ3v) is 4.37. The summed E-state index contributed by atoms with van der Waals surface area (Å²) in [7, 11) is 0. The van der Waals surface area contributed by atoms with Gasteiger partial charge in [-0.15, -0.1) is 0 Å². The Labute approximate surface area is 111 Å². The summed E-state index contributed by atoms with van der Waals surface area (Å²) in [6.07, 6.45) is 5.09. The molecule has 1 saturated carbocycles. The summed E-state index contributed by atoms with van der Waals surface area (Å²) in [5, 5.41) is 18.1. The molecular formula is C15H27NO2. The van der Waals surface area contributed by atoms with Crippen LogP contribution in [-0.2, 0) is 4.74 Å². The number of nitrogens with zero attached hydrogens (tertiary/aromatic N) is 1. The van der Waals surface area contributed by atoms with Gasteiger partial charge in [0.2, 0.25) is 0 Å².